The number of anilines is 2. The molecule has 2 rings (SSSR count). The minimum atomic E-state index is -3.40. The highest BCUT2D eigenvalue weighted by molar-refractivity contribution is 7.92. The number of hydrogen-bond donors (Lipinski definition) is 3. The molecule has 0 heterocycles. The molecule has 2 atom stereocenters. The Labute approximate surface area is 148 Å². The van der Waals surface area contributed by atoms with Gasteiger partial charge in [-0.1, -0.05) is 6.42 Å². The molecule has 7 nitrogen and oxygen atoms in total. The van der Waals surface area contributed by atoms with Gasteiger partial charge < -0.3 is 15.8 Å². The third-order valence-electron chi connectivity index (χ3n) is 3.95. The standard InChI is InChI=1S/C15H23N3O4S.ClH/c1-22-14-9-11(6-7-13(14)18-23(2,20)21)17-15(19)8-10-4-3-5-12(10)16;/h6-7,9-10,12,18H,3-5,8,16H2,1-2H3,(H,17,19);1H/t10-,12+;/m0./s1. The van der Waals surface area contributed by atoms with Crippen LogP contribution in [0.5, 0.6) is 5.75 Å². The molecule has 1 aliphatic rings. The topological polar surface area (TPSA) is 111 Å². The van der Waals surface area contributed by atoms with Crippen molar-refractivity contribution in [2.45, 2.75) is 31.7 Å². The fourth-order valence-electron chi connectivity index (χ4n) is 2.82. The Hall–Kier alpha value is -1.51. The number of rotatable bonds is 6. The molecule has 0 unspecified atom stereocenters. The first-order chi connectivity index (χ1) is 10.8. The first kappa shape index (κ1) is 20.5. The Morgan fingerprint density at radius 2 is 2.08 bits per heavy atom. The fraction of sp³-hybridized carbons (Fsp3) is 0.533. The van der Waals surface area contributed by atoms with Gasteiger partial charge in [0.2, 0.25) is 15.9 Å². The normalized spacial score (nSPS) is 20.1. The zero-order valence-electron chi connectivity index (χ0n) is 13.7. The van der Waals surface area contributed by atoms with Crippen LogP contribution in [0.15, 0.2) is 18.2 Å². The lowest BCUT2D eigenvalue weighted by Gasteiger charge is -2.16. The van der Waals surface area contributed by atoms with Crippen LogP contribution in [0.2, 0.25) is 0 Å². The molecule has 1 saturated carbocycles. The molecule has 1 aromatic carbocycles. The van der Waals surface area contributed by atoms with Crippen LogP contribution in [0.1, 0.15) is 25.7 Å². The molecule has 0 saturated heterocycles. The van der Waals surface area contributed by atoms with Gasteiger partial charge in [0.1, 0.15) is 5.75 Å². The largest absolute Gasteiger partial charge is 0.494 e. The van der Waals surface area contributed by atoms with Crippen molar-refractivity contribution in [2.75, 3.05) is 23.4 Å². The van der Waals surface area contributed by atoms with Crippen molar-refractivity contribution in [2.24, 2.45) is 11.7 Å². The molecule has 1 fully saturated rings. The fourth-order valence-corrected chi connectivity index (χ4v) is 3.39. The van der Waals surface area contributed by atoms with Crippen LogP contribution >= 0.6 is 12.4 Å². The summed E-state index contributed by atoms with van der Waals surface area (Å²) >= 11 is 0. The smallest absolute Gasteiger partial charge is 0.229 e. The van der Waals surface area contributed by atoms with E-state index in [0.29, 0.717) is 23.5 Å². The lowest BCUT2D eigenvalue weighted by Crippen LogP contribution is -2.28. The number of ether oxygens (including phenoxy) is 1. The number of sulfonamides is 1. The zero-order valence-corrected chi connectivity index (χ0v) is 15.4. The number of halogens is 1. The highest BCUT2D eigenvalue weighted by atomic mass is 35.5. The molecule has 1 aromatic rings. The summed E-state index contributed by atoms with van der Waals surface area (Å²) < 4.78 is 30.1. The van der Waals surface area contributed by atoms with E-state index in [4.69, 9.17) is 10.5 Å². The maximum Gasteiger partial charge on any atom is 0.229 e. The van der Waals surface area contributed by atoms with E-state index in [2.05, 4.69) is 10.0 Å². The van der Waals surface area contributed by atoms with Gasteiger partial charge in [0, 0.05) is 24.2 Å². The molecule has 0 bridgehead atoms. The SMILES string of the molecule is COc1cc(NC(=O)C[C@@H]2CCC[C@H]2N)ccc1NS(C)(=O)=O.Cl. The quantitative estimate of drug-likeness (QED) is 0.701. The second kappa shape index (κ2) is 8.55. The number of carbonyl (C=O) groups is 1. The predicted octanol–water partition coefficient (Wildman–Crippen LogP) is 1.94. The van der Waals surface area contributed by atoms with E-state index in [1.165, 1.54) is 7.11 Å². The van der Waals surface area contributed by atoms with Crippen molar-refractivity contribution in [3.8, 4) is 5.75 Å². The van der Waals surface area contributed by atoms with Crippen LogP contribution in [0, 0.1) is 5.92 Å². The molecule has 0 aromatic heterocycles. The van der Waals surface area contributed by atoms with Gasteiger partial charge in [0.25, 0.3) is 0 Å². The first-order valence-corrected chi connectivity index (χ1v) is 9.39. The highest BCUT2D eigenvalue weighted by Crippen LogP contribution is 2.30. The lowest BCUT2D eigenvalue weighted by atomic mass is 10.00. The van der Waals surface area contributed by atoms with Crippen LogP contribution in [-0.4, -0.2) is 33.7 Å². The van der Waals surface area contributed by atoms with E-state index in [1.807, 2.05) is 0 Å². The highest BCUT2D eigenvalue weighted by Gasteiger charge is 2.26. The van der Waals surface area contributed by atoms with Crippen LogP contribution in [0.3, 0.4) is 0 Å². The molecular formula is C15H24ClN3O4S. The monoisotopic (exact) mass is 377 g/mol. The van der Waals surface area contributed by atoms with Crippen LogP contribution in [-0.2, 0) is 14.8 Å². The average molecular weight is 378 g/mol. The molecule has 0 spiro atoms. The van der Waals surface area contributed by atoms with Gasteiger partial charge in [-0.2, -0.15) is 0 Å². The van der Waals surface area contributed by atoms with Crippen LogP contribution in [0.4, 0.5) is 11.4 Å². The van der Waals surface area contributed by atoms with E-state index in [9.17, 15) is 13.2 Å². The van der Waals surface area contributed by atoms with Crippen molar-refractivity contribution in [3.05, 3.63) is 18.2 Å². The molecule has 1 aliphatic carbocycles. The van der Waals surface area contributed by atoms with E-state index in [1.54, 1.807) is 18.2 Å². The number of hydrogen-bond acceptors (Lipinski definition) is 5. The summed E-state index contributed by atoms with van der Waals surface area (Å²) in [7, 11) is -1.96. The van der Waals surface area contributed by atoms with Crippen LogP contribution in [0.25, 0.3) is 0 Å². The summed E-state index contributed by atoms with van der Waals surface area (Å²) in [5.74, 6) is 0.465. The van der Waals surface area contributed by atoms with Gasteiger partial charge >= 0.3 is 0 Å². The third-order valence-corrected chi connectivity index (χ3v) is 4.54. The van der Waals surface area contributed by atoms with Gasteiger partial charge in [0.05, 0.1) is 19.1 Å². The Morgan fingerprint density at radius 3 is 2.62 bits per heavy atom. The van der Waals surface area contributed by atoms with Gasteiger partial charge in [-0.05, 0) is 30.9 Å². The number of amides is 1. The van der Waals surface area contributed by atoms with E-state index >= 15 is 0 Å². The number of benzene rings is 1. The molecular weight excluding hydrogens is 354 g/mol. The molecule has 24 heavy (non-hydrogen) atoms. The predicted molar refractivity (Wildman–Crippen MR) is 97.3 cm³/mol. The zero-order chi connectivity index (χ0) is 17.0. The van der Waals surface area contributed by atoms with Gasteiger partial charge in [-0.3, -0.25) is 9.52 Å². The molecule has 4 N–H and O–H groups in total. The Bertz CT molecular complexity index is 681. The summed E-state index contributed by atoms with van der Waals surface area (Å²) in [5, 5.41) is 2.80. The summed E-state index contributed by atoms with van der Waals surface area (Å²) in [6.45, 7) is 0. The summed E-state index contributed by atoms with van der Waals surface area (Å²) in [5.41, 5.74) is 6.86. The van der Waals surface area contributed by atoms with Gasteiger partial charge in [-0.15, -0.1) is 12.4 Å². The molecule has 9 heteroatoms. The van der Waals surface area contributed by atoms with Gasteiger partial charge in [-0.25, -0.2) is 8.42 Å². The Balaban J connectivity index is 0.00000288. The third kappa shape index (κ3) is 5.85. The van der Waals surface area contributed by atoms with Crippen LogP contribution < -0.4 is 20.5 Å². The minimum absolute atomic E-state index is 0. The molecule has 0 radical (unpaired) electrons. The second-order valence-corrected chi connectivity index (χ2v) is 7.64. The van der Waals surface area contributed by atoms with Crippen molar-refractivity contribution in [1.82, 2.24) is 0 Å². The number of methoxy groups -OCH3 is 1. The Morgan fingerprint density at radius 1 is 1.38 bits per heavy atom. The summed E-state index contributed by atoms with van der Waals surface area (Å²) in [6.07, 6.45) is 4.48. The number of carbonyl (C=O) groups excluding carboxylic acids is 1. The second-order valence-electron chi connectivity index (χ2n) is 5.90. The van der Waals surface area contributed by atoms with Crippen molar-refractivity contribution >= 4 is 39.7 Å². The van der Waals surface area contributed by atoms with Crippen molar-refractivity contribution in [1.29, 1.82) is 0 Å². The van der Waals surface area contributed by atoms with E-state index < -0.39 is 10.0 Å². The number of nitrogens with two attached hydrogens (primary N) is 1. The Kier molecular flexibility index (Phi) is 7.31. The minimum Gasteiger partial charge on any atom is -0.494 e. The number of nitrogens with one attached hydrogen (secondary N) is 2. The lowest BCUT2D eigenvalue weighted by molar-refractivity contribution is -0.117. The average Bonchev–Trinajstić information content (AvgIpc) is 2.84. The molecule has 1 amide bonds. The van der Waals surface area contributed by atoms with Crippen molar-refractivity contribution in [3.63, 3.8) is 0 Å². The van der Waals surface area contributed by atoms with E-state index in [-0.39, 0.29) is 30.3 Å². The first-order valence-electron chi connectivity index (χ1n) is 7.50. The van der Waals surface area contributed by atoms with E-state index in [0.717, 1.165) is 25.5 Å². The van der Waals surface area contributed by atoms with Gasteiger partial charge in [0.15, 0.2) is 0 Å². The van der Waals surface area contributed by atoms with Crippen molar-refractivity contribution < 1.29 is 17.9 Å². The summed E-state index contributed by atoms with van der Waals surface area (Å²) in [4.78, 5) is 12.1. The molecule has 0 aliphatic heterocycles. The summed E-state index contributed by atoms with van der Waals surface area (Å²) in [6, 6.07) is 4.86. The maximum absolute atomic E-state index is 12.1. The maximum atomic E-state index is 12.1. The molecule has 136 valence electrons.